The number of aryl methyl sites for hydroxylation is 2. The van der Waals surface area contributed by atoms with E-state index in [2.05, 4.69) is 21.2 Å². The molecule has 0 atom stereocenters. The molecule has 3 rings (SSSR count). The molecule has 0 aliphatic rings. The number of fused-ring (bicyclic) bond motifs is 1. The third-order valence-electron chi connectivity index (χ3n) is 3.75. The summed E-state index contributed by atoms with van der Waals surface area (Å²) in [7, 11) is 1.70. The van der Waals surface area contributed by atoms with E-state index in [1.54, 1.807) is 11.6 Å². The largest absolute Gasteiger partial charge is 0.329 e. The lowest BCUT2D eigenvalue weighted by molar-refractivity contribution is -0.116. The number of benzene rings is 2. The Morgan fingerprint density at radius 2 is 1.87 bits per heavy atom. The van der Waals surface area contributed by atoms with Crippen LogP contribution in [0.25, 0.3) is 11.0 Å². The highest BCUT2D eigenvalue weighted by molar-refractivity contribution is 9.10. The van der Waals surface area contributed by atoms with Crippen molar-refractivity contribution in [2.75, 3.05) is 5.32 Å². The highest BCUT2D eigenvalue weighted by Crippen LogP contribution is 2.23. The Morgan fingerprint density at radius 3 is 2.57 bits per heavy atom. The van der Waals surface area contributed by atoms with Crippen LogP contribution in [-0.2, 0) is 18.4 Å². The van der Waals surface area contributed by atoms with E-state index in [1.807, 2.05) is 49.4 Å². The summed E-state index contributed by atoms with van der Waals surface area (Å²) in [6.07, 6.45) is 0. The van der Waals surface area contributed by atoms with Gasteiger partial charge in [0.05, 0.1) is 16.7 Å². The van der Waals surface area contributed by atoms with Crippen molar-refractivity contribution in [2.45, 2.75) is 13.5 Å². The lowest BCUT2D eigenvalue weighted by atomic mass is 10.2. The smallest absolute Gasteiger partial charge is 0.324 e. The zero-order valence-corrected chi connectivity index (χ0v) is 14.4. The van der Waals surface area contributed by atoms with Gasteiger partial charge >= 0.3 is 5.69 Å². The molecule has 0 unspecified atom stereocenters. The van der Waals surface area contributed by atoms with E-state index in [9.17, 15) is 9.59 Å². The molecule has 0 aliphatic heterocycles. The van der Waals surface area contributed by atoms with Gasteiger partial charge in [0.15, 0.2) is 0 Å². The maximum Gasteiger partial charge on any atom is 0.329 e. The van der Waals surface area contributed by atoms with Gasteiger partial charge in [-0.05, 0) is 52.7 Å². The lowest BCUT2D eigenvalue weighted by Gasteiger charge is -2.08. The number of hydrogen-bond donors (Lipinski definition) is 1. The van der Waals surface area contributed by atoms with Crippen LogP contribution in [0.3, 0.4) is 0 Å². The molecule has 6 heteroatoms. The Balaban J connectivity index is 1.89. The van der Waals surface area contributed by atoms with Gasteiger partial charge in [-0.25, -0.2) is 4.79 Å². The highest BCUT2D eigenvalue weighted by atomic mass is 79.9. The monoisotopic (exact) mass is 373 g/mol. The molecule has 1 aromatic heterocycles. The number of imidazole rings is 1. The Bertz CT molecular complexity index is 956. The van der Waals surface area contributed by atoms with Gasteiger partial charge in [-0.1, -0.05) is 18.2 Å². The van der Waals surface area contributed by atoms with Crippen LogP contribution >= 0.6 is 15.9 Å². The molecule has 0 saturated heterocycles. The zero-order valence-electron chi connectivity index (χ0n) is 12.8. The molecule has 23 heavy (non-hydrogen) atoms. The summed E-state index contributed by atoms with van der Waals surface area (Å²) < 4.78 is 3.84. The number of nitrogens with zero attached hydrogens (tertiary/aromatic N) is 2. The Kier molecular flexibility index (Phi) is 4.09. The summed E-state index contributed by atoms with van der Waals surface area (Å²) in [6, 6.07) is 13.1. The van der Waals surface area contributed by atoms with E-state index < -0.39 is 0 Å². The number of nitrogens with one attached hydrogen (secondary N) is 1. The van der Waals surface area contributed by atoms with Crippen molar-refractivity contribution in [3.05, 3.63) is 63.0 Å². The minimum absolute atomic E-state index is 0.0273. The fraction of sp³-hybridized carbons (Fsp3) is 0.176. The molecule has 1 amide bonds. The Labute approximate surface area is 141 Å². The summed E-state index contributed by atoms with van der Waals surface area (Å²) in [4.78, 5) is 24.6. The number of hydrogen-bond acceptors (Lipinski definition) is 2. The van der Waals surface area contributed by atoms with Crippen LogP contribution in [-0.4, -0.2) is 15.0 Å². The summed E-state index contributed by atoms with van der Waals surface area (Å²) in [5.41, 5.74) is 3.14. The molecule has 3 aromatic rings. The molecule has 0 radical (unpaired) electrons. The molecule has 1 N–H and O–H groups in total. The van der Waals surface area contributed by atoms with E-state index in [0.717, 1.165) is 21.1 Å². The van der Waals surface area contributed by atoms with Crippen molar-refractivity contribution < 1.29 is 4.79 Å². The molecular weight excluding hydrogens is 358 g/mol. The average Bonchev–Trinajstić information content (AvgIpc) is 2.76. The third kappa shape index (κ3) is 2.94. The number of anilines is 1. The SMILES string of the molecule is Cc1ccc(NC(=O)Cn2c(=O)n(C)c3ccccc32)c(Br)c1. The fourth-order valence-corrected chi connectivity index (χ4v) is 3.16. The number of carbonyl (C=O) groups is 1. The van der Waals surface area contributed by atoms with Crippen LogP contribution in [0, 0.1) is 6.92 Å². The van der Waals surface area contributed by atoms with Crippen LogP contribution in [0.5, 0.6) is 0 Å². The predicted molar refractivity (Wildman–Crippen MR) is 94.7 cm³/mol. The molecule has 0 fully saturated rings. The number of halogens is 1. The van der Waals surface area contributed by atoms with Crippen LogP contribution in [0.1, 0.15) is 5.56 Å². The van der Waals surface area contributed by atoms with Crippen molar-refractivity contribution in [3.8, 4) is 0 Å². The number of rotatable bonds is 3. The third-order valence-corrected chi connectivity index (χ3v) is 4.41. The van der Waals surface area contributed by atoms with Gasteiger partial charge in [-0.2, -0.15) is 0 Å². The first-order valence-electron chi connectivity index (χ1n) is 7.17. The normalized spacial score (nSPS) is 10.9. The van der Waals surface area contributed by atoms with Crippen LogP contribution in [0.2, 0.25) is 0 Å². The summed E-state index contributed by atoms with van der Waals surface area (Å²) in [5, 5.41) is 2.83. The zero-order chi connectivity index (χ0) is 16.6. The fourth-order valence-electron chi connectivity index (χ4n) is 2.57. The number of carbonyl (C=O) groups excluding carboxylic acids is 1. The summed E-state index contributed by atoms with van der Waals surface area (Å²) >= 11 is 3.43. The Hall–Kier alpha value is -2.34. The van der Waals surface area contributed by atoms with Crippen LogP contribution in [0.4, 0.5) is 5.69 Å². The van der Waals surface area contributed by atoms with E-state index in [-0.39, 0.29) is 18.1 Å². The highest BCUT2D eigenvalue weighted by Gasteiger charge is 2.14. The van der Waals surface area contributed by atoms with Crippen molar-refractivity contribution in [3.63, 3.8) is 0 Å². The predicted octanol–water partition coefficient (Wildman–Crippen LogP) is 3.05. The van der Waals surface area contributed by atoms with E-state index >= 15 is 0 Å². The van der Waals surface area contributed by atoms with Gasteiger partial charge in [0.1, 0.15) is 6.54 Å². The summed E-state index contributed by atoms with van der Waals surface area (Å²) in [5.74, 6) is -0.243. The number of aromatic nitrogens is 2. The first-order valence-corrected chi connectivity index (χ1v) is 7.97. The van der Waals surface area contributed by atoms with E-state index in [4.69, 9.17) is 0 Å². The maximum absolute atomic E-state index is 12.3. The maximum atomic E-state index is 12.3. The van der Waals surface area contributed by atoms with Gasteiger partial charge in [0, 0.05) is 11.5 Å². The summed E-state index contributed by atoms with van der Waals surface area (Å²) in [6.45, 7) is 1.95. The van der Waals surface area contributed by atoms with Crippen LogP contribution in [0.15, 0.2) is 51.7 Å². The van der Waals surface area contributed by atoms with Crippen LogP contribution < -0.4 is 11.0 Å². The number of para-hydroxylation sites is 2. The second-order valence-electron chi connectivity index (χ2n) is 5.45. The van der Waals surface area contributed by atoms with Gasteiger partial charge < -0.3 is 5.32 Å². The van der Waals surface area contributed by atoms with E-state index in [0.29, 0.717) is 5.69 Å². The molecule has 2 aromatic carbocycles. The van der Waals surface area contributed by atoms with Gasteiger partial charge in [-0.15, -0.1) is 0 Å². The van der Waals surface area contributed by atoms with Crippen molar-refractivity contribution in [1.29, 1.82) is 0 Å². The first-order chi connectivity index (χ1) is 11.0. The second kappa shape index (κ2) is 6.04. The van der Waals surface area contributed by atoms with E-state index in [1.165, 1.54) is 4.57 Å². The minimum Gasteiger partial charge on any atom is -0.324 e. The second-order valence-corrected chi connectivity index (χ2v) is 6.30. The van der Waals surface area contributed by atoms with Gasteiger partial charge in [0.2, 0.25) is 5.91 Å². The molecular formula is C17H16BrN3O2. The average molecular weight is 374 g/mol. The van der Waals surface area contributed by atoms with Gasteiger partial charge in [-0.3, -0.25) is 13.9 Å². The molecule has 0 bridgehead atoms. The molecule has 5 nitrogen and oxygen atoms in total. The quantitative estimate of drug-likeness (QED) is 0.766. The molecule has 1 heterocycles. The minimum atomic E-state index is -0.243. The van der Waals surface area contributed by atoms with Gasteiger partial charge in [0.25, 0.3) is 0 Å². The first kappa shape index (κ1) is 15.6. The molecule has 0 spiro atoms. The van der Waals surface area contributed by atoms with Crippen molar-refractivity contribution >= 4 is 38.6 Å². The standard InChI is InChI=1S/C17H16BrN3O2/c1-11-7-8-13(12(18)9-11)19-16(22)10-21-15-6-4-3-5-14(15)20(2)17(21)23/h3-9H,10H2,1-2H3,(H,19,22). The Morgan fingerprint density at radius 1 is 1.17 bits per heavy atom. The van der Waals surface area contributed by atoms with Crippen molar-refractivity contribution in [1.82, 2.24) is 9.13 Å². The lowest BCUT2D eigenvalue weighted by Crippen LogP contribution is -2.28. The molecule has 118 valence electrons. The topological polar surface area (TPSA) is 56.0 Å². The van der Waals surface area contributed by atoms with Crippen molar-refractivity contribution in [2.24, 2.45) is 7.05 Å². The number of amides is 1. The molecule has 0 saturated carbocycles. The molecule has 0 aliphatic carbocycles.